The number of rotatable bonds is 2. The van der Waals surface area contributed by atoms with Crippen molar-refractivity contribution in [3.05, 3.63) is 65.0 Å². The molecule has 0 radical (unpaired) electrons. The number of fused-ring (bicyclic) bond motifs is 2. The largest absolute Gasteiger partial charge is 0.457 e. The molecule has 1 aliphatic heterocycles. The average Bonchev–Trinajstić information content (AvgIpc) is 3.01. The second-order valence-corrected chi connectivity index (χ2v) is 6.17. The van der Waals surface area contributed by atoms with Crippen molar-refractivity contribution in [1.29, 1.82) is 0 Å². The highest BCUT2D eigenvalue weighted by molar-refractivity contribution is 5.78. The Labute approximate surface area is 152 Å². The summed E-state index contributed by atoms with van der Waals surface area (Å²) in [5, 5.41) is 6.29. The van der Waals surface area contributed by atoms with Gasteiger partial charge in [0.05, 0.1) is 6.42 Å². The Morgan fingerprint density at radius 2 is 1.85 bits per heavy atom. The molecule has 9 heteroatoms. The topological polar surface area (TPSA) is 97.1 Å². The van der Waals surface area contributed by atoms with Crippen LogP contribution in [0.25, 0.3) is 0 Å². The minimum atomic E-state index is -0.465. The van der Waals surface area contributed by atoms with Crippen LogP contribution in [0.4, 0.5) is 14.7 Å². The Balaban J connectivity index is 1.71. The van der Waals surface area contributed by atoms with E-state index in [0.717, 1.165) is 0 Å². The van der Waals surface area contributed by atoms with Gasteiger partial charge >= 0.3 is 0 Å². The number of anilines is 1. The second kappa shape index (κ2) is 6.67. The Hall–Kier alpha value is -3.49. The fraction of sp³-hybridized carbons (Fsp3) is 0.167. The van der Waals surface area contributed by atoms with E-state index in [9.17, 15) is 13.6 Å². The highest BCUT2D eigenvalue weighted by Gasteiger charge is 2.23. The predicted octanol–water partition coefficient (Wildman–Crippen LogP) is 2.54. The normalized spacial score (nSPS) is 13.2. The number of nitrogens with two attached hydrogens (primary N) is 1. The molecule has 0 saturated heterocycles. The number of benzene rings is 2. The summed E-state index contributed by atoms with van der Waals surface area (Å²) >= 11 is 0. The molecule has 3 aromatic rings. The van der Waals surface area contributed by atoms with Gasteiger partial charge < -0.3 is 15.4 Å². The van der Waals surface area contributed by atoms with E-state index >= 15 is 0 Å². The Kier molecular flexibility index (Phi) is 4.19. The number of carbonyl (C=O) groups is 1. The van der Waals surface area contributed by atoms with E-state index in [2.05, 4.69) is 15.2 Å². The third-order valence-corrected chi connectivity index (χ3v) is 4.21. The van der Waals surface area contributed by atoms with Crippen LogP contribution < -0.4 is 10.5 Å². The van der Waals surface area contributed by atoms with Gasteiger partial charge in [0.25, 0.3) is 0 Å². The van der Waals surface area contributed by atoms with Crippen molar-refractivity contribution >= 4 is 11.9 Å². The first-order valence-electron chi connectivity index (χ1n) is 8.17. The number of nitrogen functional groups attached to an aromatic ring is 1. The molecule has 0 unspecified atom stereocenters. The number of nitrogens with zero attached hydrogens (tertiary/aromatic N) is 3. The van der Waals surface area contributed by atoms with Crippen LogP contribution in [0.5, 0.6) is 11.5 Å². The van der Waals surface area contributed by atoms with Gasteiger partial charge in [-0.25, -0.2) is 8.78 Å². The lowest BCUT2D eigenvalue weighted by atomic mass is 10.1. The highest BCUT2D eigenvalue weighted by Crippen LogP contribution is 2.34. The van der Waals surface area contributed by atoms with Crippen LogP contribution in [0.2, 0.25) is 0 Å². The molecule has 2 aromatic carbocycles. The minimum absolute atomic E-state index is 0.0482. The number of aromatic nitrogens is 3. The van der Waals surface area contributed by atoms with Crippen LogP contribution in [-0.4, -0.2) is 26.0 Å². The maximum Gasteiger partial charge on any atom is 0.239 e. The predicted molar refractivity (Wildman–Crippen MR) is 91.6 cm³/mol. The summed E-state index contributed by atoms with van der Waals surface area (Å²) in [6, 6.07) is 8.12. The number of ether oxygens (including phenoxy) is 1. The van der Waals surface area contributed by atoms with E-state index in [1.165, 1.54) is 35.2 Å². The molecule has 0 atom stereocenters. The van der Waals surface area contributed by atoms with Crippen LogP contribution in [0, 0.1) is 11.6 Å². The number of aromatic amines is 1. The summed E-state index contributed by atoms with van der Waals surface area (Å²) in [5.41, 5.74) is 6.58. The van der Waals surface area contributed by atoms with Crippen molar-refractivity contribution in [3.63, 3.8) is 0 Å². The van der Waals surface area contributed by atoms with Crippen molar-refractivity contribution in [2.24, 2.45) is 0 Å². The number of amides is 1. The molecule has 2 heterocycles. The van der Waals surface area contributed by atoms with Gasteiger partial charge in [0.1, 0.15) is 29.0 Å². The smallest absolute Gasteiger partial charge is 0.239 e. The van der Waals surface area contributed by atoms with Gasteiger partial charge in [0.15, 0.2) is 0 Å². The number of nitrogens with one attached hydrogen (secondary N) is 1. The lowest BCUT2D eigenvalue weighted by Crippen LogP contribution is -2.32. The average molecular weight is 371 g/mol. The molecule has 138 valence electrons. The minimum Gasteiger partial charge on any atom is -0.457 e. The SMILES string of the molecule is Nc1n[nH]c(CC(=O)N2Cc3cc(F)ccc3Oc3cc(F)ccc3C2)n1. The first-order chi connectivity index (χ1) is 13.0. The quantitative estimate of drug-likeness (QED) is 0.722. The van der Waals surface area contributed by atoms with Crippen molar-refractivity contribution in [2.45, 2.75) is 19.5 Å². The molecule has 0 spiro atoms. The second-order valence-electron chi connectivity index (χ2n) is 6.17. The molecule has 27 heavy (non-hydrogen) atoms. The van der Waals surface area contributed by atoms with E-state index in [1.54, 1.807) is 6.07 Å². The number of H-pyrrole nitrogens is 1. The van der Waals surface area contributed by atoms with Gasteiger partial charge in [0.2, 0.25) is 11.9 Å². The fourth-order valence-electron chi connectivity index (χ4n) is 2.93. The molecule has 3 N–H and O–H groups in total. The van der Waals surface area contributed by atoms with Crippen molar-refractivity contribution in [3.8, 4) is 11.5 Å². The monoisotopic (exact) mass is 371 g/mol. The number of carbonyl (C=O) groups excluding carboxylic acids is 1. The lowest BCUT2D eigenvalue weighted by Gasteiger charge is -2.27. The van der Waals surface area contributed by atoms with Gasteiger partial charge in [-0.2, -0.15) is 4.98 Å². The van der Waals surface area contributed by atoms with E-state index in [-0.39, 0.29) is 37.1 Å². The van der Waals surface area contributed by atoms with Crippen LogP contribution in [-0.2, 0) is 24.3 Å². The van der Waals surface area contributed by atoms with Gasteiger partial charge in [0, 0.05) is 30.3 Å². The molecule has 0 saturated carbocycles. The zero-order chi connectivity index (χ0) is 19.0. The molecule has 0 bridgehead atoms. The third-order valence-electron chi connectivity index (χ3n) is 4.21. The van der Waals surface area contributed by atoms with E-state index in [4.69, 9.17) is 10.5 Å². The molecule has 7 nitrogen and oxygen atoms in total. The van der Waals surface area contributed by atoms with Crippen molar-refractivity contribution in [2.75, 3.05) is 5.73 Å². The molecular weight excluding hydrogens is 356 g/mol. The van der Waals surface area contributed by atoms with Gasteiger partial charge in [-0.1, -0.05) is 6.07 Å². The lowest BCUT2D eigenvalue weighted by molar-refractivity contribution is -0.131. The number of halogens is 2. The first-order valence-corrected chi connectivity index (χ1v) is 8.17. The highest BCUT2D eigenvalue weighted by atomic mass is 19.1. The maximum absolute atomic E-state index is 13.7. The third kappa shape index (κ3) is 3.57. The molecule has 0 fully saturated rings. The fourth-order valence-corrected chi connectivity index (χ4v) is 2.93. The Morgan fingerprint density at radius 1 is 1.11 bits per heavy atom. The van der Waals surface area contributed by atoms with Crippen molar-refractivity contribution < 1.29 is 18.3 Å². The number of hydrogen-bond acceptors (Lipinski definition) is 5. The Bertz CT molecular complexity index is 1020. The summed E-state index contributed by atoms with van der Waals surface area (Å²) in [6.45, 7) is 0.306. The van der Waals surface area contributed by atoms with E-state index < -0.39 is 11.6 Å². The zero-order valence-corrected chi connectivity index (χ0v) is 14.1. The van der Waals surface area contributed by atoms with Crippen LogP contribution >= 0.6 is 0 Å². The van der Waals surface area contributed by atoms with Crippen molar-refractivity contribution in [1.82, 2.24) is 20.1 Å². The van der Waals surface area contributed by atoms with Crippen LogP contribution in [0.3, 0.4) is 0 Å². The molecular formula is C18H15F2N5O2. The molecule has 4 rings (SSSR count). The maximum atomic E-state index is 13.7. The Morgan fingerprint density at radius 3 is 2.63 bits per heavy atom. The standard InChI is InChI=1S/C18H15F2N5O2/c19-12-3-4-14-11(5-12)9-25(17(26)7-16-22-18(21)24-23-16)8-10-1-2-13(20)6-15(10)27-14/h1-6H,7-9H2,(H3,21,22,23,24). The van der Waals surface area contributed by atoms with Crippen LogP contribution in [0.1, 0.15) is 17.0 Å². The van der Waals surface area contributed by atoms with Gasteiger partial charge in [-0.15, -0.1) is 5.10 Å². The molecule has 1 amide bonds. The molecule has 0 aliphatic carbocycles. The summed E-state index contributed by atoms with van der Waals surface area (Å²) < 4.78 is 33.2. The van der Waals surface area contributed by atoms with E-state index in [1.807, 2.05) is 0 Å². The number of hydrogen-bond donors (Lipinski definition) is 2. The van der Waals surface area contributed by atoms with Gasteiger partial charge in [-0.05, 0) is 24.3 Å². The van der Waals surface area contributed by atoms with Crippen LogP contribution in [0.15, 0.2) is 36.4 Å². The summed E-state index contributed by atoms with van der Waals surface area (Å²) in [6.07, 6.45) is -0.0494. The first kappa shape index (κ1) is 17.0. The van der Waals surface area contributed by atoms with Gasteiger partial charge in [-0.3, -0.25) is 9.89 Å². The van der Waals surface area contributed by atoms with E-state index in [0.29, 0.717) is 22.7 Å². The summed E-state index contributed by atoms with van der Waals surface area (Å²) in [4.78, 5) is 18.3. The summed E-state index contributed by atoms with van der Waals surface area (Å²) in [5.74, 6) is -0.157. The molecule has 1 aliphatic rings. The summed E-state index contributed by atoms with van der Waals surface area (Å²) in [7, 11) is 0. The molecule has 1 aromatic heterocycles. The zero-order valence-electron chi connectivity index (χ0n) is 14.1.